The summed E-state index contributed by atoms with van der Waals surface area (Å²) in [5, 5.41) is 13.4. The van der Waals surface area contributed by atoms with Crippen molar-refractivity contribution in [2.75, 3.05) is 5.32 Å². The highest BCUT2D eigenvalue weighted by Crippen LogP contribution is 2.39. The average molecular weight is 433 g/mol. The lowest BCUT2D eigenvalue weighted by atomic mass is 9.96. The molecule has 2 N–H and O–H groups in total. The van der Waals surface area contributed by atoms with E-state index in [0.717, 1.165) is 58.6 Å². The maximum Gasteiger partial charge on any atom is 0.259 e. The Morgan fingerprint density at radius 2 is 1.77 bits per heavy atom. The second kappa shape index (κ2) is 9.48. The molecule has 5 heteroatoms. The molecule has 4 nitrogen and oxygen atoms in total. The predicted octanol–water partition coefficient (Wildman–Crippen LogP) is 6.73. The van der Waals surface area contributed by atoms with Crippen LogP contribution < -0.4 is 5.32 Å². The summed E-state index contributed by atoms with van der Waals surface area (Å²) in [5.41, 5.74) is 5.80. The van der Waals surface area contributed by atoms with E-state index >= 15 is 0 Å². The highest BCUT2D eigenvalue weighted by Gasteiger charge is 2.24. The first-order valence-electron chi connectivity index (χ1n) is 10.9. The van der Waals surface area contributed by atoms with Crippen molar-refractivity contribution >= 4 is 34.1 Å². The minimum Gasteiger partial charge on any atom is -0.508 e. The lowest BCUT2D eigenvalue weighted by molar-refractivity contribution is 0.102. The molecule has 0 atom stereocenters. The monoisotopic (exact) mass is 432 g/mol. The summed E-state index contributed by atoms with van der Waals surface area (Å²) in [7, 11) is 0. The lowest BCUT2D eigenvalue weighted by Gasteiger charge is -2.13. The van der Waals surface area contributed by atoms with Gasteiger partial charge in [0.15, 0.2) is 0 Å². The van der Waals surface area contributed by atoms with Gasteiger partial charge in [-0.05, 0) is 92.1 Å². The van der Waals surface area contributed by atoms with E-state index in [1.165, 1.54) is 23.3 Å². The molecule has 2 aromatic carbocycles. The van der Waals surface area contributed by atoms with Crippen LogP contribution in [0, 0.1) is 13.8 Å². The maximum absolute atomic E-state index is 13.5. The number of nitrogens with zero attached hydrogens (tertiary/aromatic N) is 1. The Bertz CT molecular complexity index is 1110. The highest BCUT2D eigenvalue weighted by atomic mass is 32.1. The summed E-state index contributed by atoms with van der Waals surface area (Å²) in [6, 6.07) is 13.0. The van der Waals surface area contributed by atoms with Crippen molar-refractivity contribution in [1.82, 2.24) is 0 Å². The Hall–Kier alpha value is -2.92. The summed E-state index contributed by atoms with van der Waals surface area (Å²) in [5.74, 6) is 0.148. The topological polar surface area (TPSA) is 61.7 Å². The number of fused-ring (bicyclic) bond motifs is 1. The number of phenols is 1. The third kappa shape index (κ3) is 5.05. The van der Waals surface area contributed by atoms with Crippen LogP contribution in [0.15, 0.2) is 47.5 Å². The smallest absolute Gasteiger partial charge is 0.259 e. The van der Waals surface area contributed by atoms with Crippen LogP contribution in [0.2, 0.25) is 0 Å². The van der Waals surface area contributed by atoms with Gasteiger partial charge in [0.2, 0.25) is 0 Å². The largest absolute Gasteiger partial charge is 0.508 e. The maximum atomic E-state index is 13.5. The van der Waals surface area contributed by atoms with Gasteiger partial charge < -0.3 is 10.4 Å². The van der Waals surface area contributed by atoms with Crippen molar-refractivity contribution in [1.29, 1.82) is 0 Å². The molecule has 1 amide bonds. The van der Waals surface area contributed by atoms with Crippen LogP contribution in [0.4, 0.5) is 10.7 Å². The van der Waals surface area contributed by atoms with Gasteiger partial charge in [-0.25, -0.2) is 4.99 Å². The molecule has 1 aliphatic carbocycles. The Kier molecular flexibility index (Phi) is 6.52. The van der Waals surface area contributed by atoms with Crippen molar-refractivity contribution in [3.8, 4) is 5.75 Å². The Morgan fingerprint density at radius 3 is 2.55 bits per heavy atom. The summed E-state index contributed by atoms with van der Waals surface area (Å²) in [6.07, 6.45) is 8.43. The predicted molar refractivity (Wildman–Crippen MR) is 129 cm³/mol. The molecule has 1 heterocycles. The number of phenolic OH excluding ortho intramolecular Hbond substituents is 1. The first-order valence-corrected chi connectivity index (χ1v) is 11.7. The second-order valence-electron chi connectivity index (χ2n) is 8.22. The fourth-order valence-electron chi connectivity index (χ4n) is 3.98. The molecule has 0 saturated heterocycles. The molecule has 1 aromatic heterocycles. The van der Waals surface area contributed by atoms with E-state index < -0.39 is 0 Å². The fraction of sp³-hybridized carbons (Fsp3) is 0.308. The van der Waals surface area contributed by atoms with Gasteiger partial charge in [-0.1, -0.05) is 25.0 Å². The molecule has 3 aromatic rings. The lowest BCUT2D eigenvalue weighted by Crippen LogP contribution is -2.15. The van der Waals surface area contributed by atoms with Crippen LogP contribution >= 0.6 is 11.3 Å². The Morgan fingerprint density at radius 1 is 1.03 bits per heavy atom. The number of aliphatic imine (C=N–C) groups is 1. The highest BCUT2D eigenvalue weighted by molar-refractivity contribution is 7.16. The molecule has 160 valence electrons. The molecule has 0 unspecified atom stereocenters. The van der Waals surface area contributed by atoms with Crippen molar-refractivity contribution in [2.24, 2.45) is 4.99 Å². The number of benzene rings is 2. The van der Waals surface area contributed by atoms with E-state index in [2.05, 4.69) is 11.4 Å². The van der Waals surface area contributed by atoms with Gasteiger partial charge in [-0.15, -0.1) is 11.3 Å². The zero-order valence-corrected chi connectivity index (χ0v) is 18.9. The first-order chi connectivity index (χ1) is 15.0. The normalized spacial score (nSPS) is 14.1. The molecule has 0 saturated carbocycles. The van der Waals surface area contributed by atoms with Gasteiger partial charge in [0.05, 0.1) is 5.56 Å². The zero-order valence-electron chi connectivity index (χ0n) is 18.1. The minimum atomic E-state index is -0.0790. The molecular weight excluding hydrogens is 404 g/mol. The van der Waals surface area contributed by atoms with Crippen molar-refractivity contribution in [3.63, 3.8) is 0 Å². The number of aromatic hydroxyl groups is 1. The van der Waals surface area contributed by atoms with Gasteiger partial charge >= 0.3 is 0 Å². The quantitative estimate of drug-likeness (QED) is 0.449. The standard InChI is InChI=1S/C26H28N2O2S/c1-17-9-10-18(2)22(15-17)28-25(30)24-21-7-5-3-4-6-8-23(21)31-26(24)27-16-19-11-13-20(29)14-12-19/h9-16,29H,3-8H2,1-2H3,(H,28,30). The van der Waals surface area contributed by atoms with Gasteiger partial charge in [0.1, 0.15) is 10.8 Å². The summed E-state index contributed by atoms with van der Waals surface area (Å²) in [4.78, 5) is 19.5. The SMILES string of the molecule is Cc1ccc(C)c(NC(=O)c2c(N=Cc3ccc(O)cc3)sc3c2CCCCCC3)c1. The van der Waals surface area contributed by atoms with Crippen molar-refractivity contribution < 1.29 is 9.90 Å². The van der Waals surface area contributed by atoms with Crippen LogP contribution in [0.5, 0.6) is 5.75 Å². The number of thiophene rings is 1. The number of amides is 1. The number of carbonyl (C=O) groups is 1. The van der Waals surface area contributed by atoms with Gasteiger partial charge in [-0.2, -0.15) is 0 Å². The molecular formula is C26H28N2O2S. The second-order valence-corrected chi connectivity index (χ2v) is 9.30. The molecule has 0 bridgehead atoms. The number of nitrogens with one attached hydrogen (secondary N) is 1. The fourth-order valence-corrected chi connectivity index (χ4v) is 5.21. The van der Waals surface area contributed by atoms with Crippen LogP contribution in [0.3, 0.4) is 0 Å². The van der Waals surface area contributed by atoms with E-state index in [1.54, 1.807) is 29.7 Å². The summed E-state index contributed by atoms with van der Waals surface area (Å²) in [6.45, 7) is 4.04. The van der Waals surface area contributed by atoms with Crippen LogP contribution in [0.25, 0.3) is 0 Å². The first kappa shape index (κ1) is 21.3. The molecule has 0 spiro atoms. The number of rotatable bonds is 4. The number of carbonyl (C=O) groups excluding carboxylic acids is 1. The van der Waals surface area contributed by atoms with Crippen LogP contribution in [-0.4, -0.2) is 17.2 Å². The van der Waals surface area contributed by atoms with E-state index in [-0.39, 0.29) is 11.7 Å². The van der Waals surface area contributed by atoms with Crippen molar-refractivity contribution in [3.05, 3.63) is 75.2 Å². The third-order valence-electron chi connectivity index (χ3n) is 5.75. The third-order valence-corrected chi connectivity index (χ3v) is 6.94. The Labute approximate surface area is 187 Å². The Balaban J connectivity index is 1.72. The molecule has 1 aliphatic rings. The average Bonchev–Trinajstić information content (AvgIpc) is 3.06. The van der Waals surface area contributed by atoms with Gasteiger partial charge in [0, 0.05) is 16.8 Å². The van der Waals surface area contributed by atoms with Crippen LogP contribution in [-0.2, 0) is 12.8 Å². The van der Waals surface area contributed by atoms with E-state index in [9.17, 15) is 9.90 Å². The van der Waals surface area contributed by atoms with E-state index in [0.29, 0.717) is 0 Å². The molecule has 0 aliphatic heterocycles. The van der Waals surface area contributed by atoms with E-state index in [4.69, 9.17) is 4.99 Å². The van der Waals surface area contributed by atoms with Gasteiger partial charge in [-0.3, -0.25) is 4.79 Å². The van der Waals surface area contributed by atoms with Crippen LogP contribution in [0.1, 0.15) is 63.2 Å². The summed E-state index contributed by atoms with van der Waals surface area (Å²) < 4.78 is 0. The number of hydrogen-bond acceptors (Lipinski definition) is 4. The summed E-state index contributed by atoms with van der Waals surface area (Å²) >= 11 is 1.65. The van der Waals surface area contributed by atoms with E-state index in [1.807, 2.05) is 38.1 Å². The zero-order chi connectivity index (χ0) is 21.8. The number of anilines is 1. The molecule has 0 fully saturated rings. The number of hydrogen-bond donors (Lipinski definition) is 2. The molecule has 4 rings (SSSR count). The van der Waals surface area contributed by atoms with Gasteiger partial charge in [0.25, 0.3) is 5.91 Å². The van der Waals surface area contributed by atoms with Crippen molar-refractivity contribution in [2.45, 2.75) is 52.4 Å². The minimum absolute atomic E-state index is 0.0790. The molecule has 0 radical (unpaired) electrons. The number of aryl methyl sites for hydroxylation is 3. The molecule has 31 heavy (non-hydrogen) atoms.